The van der Waals surface area contributed by atoms with Gasteiger partial charge in [-0.1, -0.05) is 34.1 Å². The van der Waals surface area contributed by atoms with Gasteiger partial charge in [0.1, 0.15) is 29.2 Å². The van der Waals surface area contributed by atoms with Crippen LogP contribution in [0.25, 0.3) is 11.0 Å². The molecule has 1 N–H and O–H groups in total. The van der Waals surface area contributed by atoms with E-state index in [2.05, 4.69) is 15.0 Å². The molecule has 1 aromatic heterocycles. The fraction of sp³-hybridized carbons (Fsp3) is 0.667. The summed E-state index contributed by atoms with van der Waals surface area (Å²) in [4.78, 5) is 51.2. The number of rotatable bonds is 2. The number of ketones is 1. The molecule has 6 rings (SSSR count). The average molecular weight is 647 g/mol. The van der Waals surface area contributed by atoms with Gasteiger partial charge in [-0.2, -0.15) is 0 Å². The van der Waals surface area contributed by atoms with Gasteiger partial charge < -0.3 is 24.4 Å². The Morgan fingerprint density at radius 1 is 1.13 bits per heavy atom. The number of aryl methyl sites for hydroxylation is 1. The fourth-order valence-electron chi connectivity index (χ4n) is 7.74. The number of aromatic nitrogens is 2. The molecule has 2 aromatic rings. The van der Waals surface area contributed by atoms with Crippen molar-refractivity contribution in [3.63, 3.8) is 0 Å². The predicted octanol–water partition coefficient (Wildman–Crippen LogP) is 5.75. The van der Waals surface area contributed by atoms with Crippen LogP contribution in [0.1, 0.15) is 79.3 Å². The van der Waals surface area contributed by atoms with Gasteiger partial charge >= 0.3 is 12.5 Å². The number of alkyl carbamates (subject to hydrolysis) is 1. The van der Waals surface area contributed by atoms with E-state index in [9.17, 15) is 27.6 Å². The van der Waals surface area contributed by atoms with Gasteiger partial charge in [-0.15, -0.1) is 13.2 Å². The maximum Gasteiger partial charge on any atom is 0.573 e. The van der Waals surface area contributed by atoms with Crippen molar-refractivity contribution in [2.75, 3.05) is 6.54 Å². The molecule has 4 aliphatic rings. The Labute approximate surface area is 265 Å². The van der Waals surface area contributed by atoms with E-state index in [-0.39, 0.29) is 29.1 Å². The first-order valence-corrected chi connectivity index (χ1v) is 15.9. The van der Waals surface area contributed by atoms with Crippen molar-refractivity contribution in [1.29, 1.82) is 0 Å². The average Bonchev–Trinajstić information content (AvgIpc) is 3.74. The smallest absolute Gasteiger partial charge is 0.471 e. The van der Waals surface area contributed by atoms with Crippen LogP contribution >= 0.6 is 0 Å². The molecule has 1 aromatic carbocycles. The molecule has 7 atom stereocenters. The predicted molar refractivity (Wildman–Crippen MR) is 160 cm³/mol. The monoisotopic (exact) mass is 646 g/mol. The van der Waals surface area contributed by atoms with E-state index in [4.69, 9.17) is 14.5 Å². The van der Waals surface area contributed by atoms with Crippen molar-refractivity contribution in [2.45, 2.75) is 110 Å². The van der Waals surface area contributed by atoms with Crippen LogP contribution in [0.2, 0.25) is 0 Å². The van der Waals surface area contributed by atoms with E-state index in [1.807, 2.05) is 34.6 Å². The molecule has 2 amide bonds. The number of hydrogen-bond acceptors (Lipinski definition) is 8. The molecule has 1 spiro atoms. The summed E-state index contributed by atoms with van der Waals surface area (Å²) < 4.78 is 55.3. The Morgan fingerprint density at radius 3 is 2.54 bits per heavy atom. The summed E-state index contributed by atoms with van der Waals surface area (Å²) in [6, 6.07) is 1.98. The Morgan fingerprint density at radius 2 is 1.87 bits per heavy atom. The minimum atomic E-state index is -4.87. The number of ether oxygens (including phenoxy) is 3. The highest BCUT2D eigenvalue weighted by molar-refractivity contribution is 5.92. The zero-order valence-corrected chi connectivity index (χ0v) is 27.0. The number of benzene rings is 1. The van der Waals surface area contributed by atoms with Gasteiger partial charge in [0.05, 0.1) is 23.6 Å². The Hall–Kier alpha value is -3.64. The summed E-state index contributed by atoms with van der Waals surface area (Å²) in [7, 11) is 0. The molecule has 3 heterocycles. The number of Topliss-reactive ketones (excluding diaryl/α,β-unsaturated/α-hetero) is 1. The van der Waals surface area contributed by atoms with Crippen LogP contribution in [0.5, 0.6) is 11.6 Å². The SMILES string of the molecule is CC(=O)[C@@H]1[C@H](C)[C@@H]2CN1C(=O)[C@H](C(C)(C)C)NC(=O)O[C@]1(C)CC13CC3CCCCc1nc3ccc(OC(F)(F)F)cc3nc1O2. The normalized spacial score (nSPS) is 33.3. The number of carbonyl (C=O) groups excluding carboxylic acids is 3. The van der Waals surface area contributed by atoms with E-state index in [1.165, 1.54) is 24.0 Å². The molecule has 2 saturated carbocycles. The maximum absolute atomic E-state index is 14.2. The molecule has 13 heteroatoms. The molecular formula is C33H41F3N4O6. The molecule has 10 nitrogen and oxygen atoms in total. The van der Waals surface area contributed by atoms with Gasteiger partial charge in [-0.25, -0.2) is 14.8 Å². The van der Waals surface area contributed by atoms with Crippen LogP contribution in [-0.4, -0.2) is 69.3 Å². The second kappa shape index (κ2) is 11.0. The van der Waals surface area contributed by atoms with Crippen molar-refractivity contribution in [3.05, 3.63) is 23.9 Å². The number of fused-ring (bicyclic) bond motifs is 4. The summed E-state index contributed by atoms with van der Waals surface area (Å²) in [6.07, 6.45) is -1.32. The van der Waals surface area contributed by atoms with Crippen LogP contribution in [0.15, 0.2) is 18.2 Å². The Kier molecular flexibility index (Phi) is 7.71. The number of hydrogen-bond donors (Lipinski definition) is 1. The van der Waals surface area contributed by atoms with E-state index in [1.54, 1.807) is 0 Å². The summed E-state index contributed by atoms with van der Waals surface area (Å²) in [5.41, 5.74) is -0.229. The number of halogens is 3. The van der Waals surface area contributed by atoms with Gasteiger partial charge in [0.15, 0.2) is 5.78 Å². The topological polar surface area (TPSA) is 120 Å². The minimum Gasteiger partial charge on any atom is -0.471 e. The molecule has 2 unspecified atom stereocenters. The third kappa shape index (κ3) is 5.97. The third-order valence-electron chi connectivity index (χ3n) is 10.4. The zero-order chi connectivity index (χ0) is 33.4. The summed E-state index contributed by atoms with van der Waals surface area (Å²) in [6.45, 7) is 10.7. The highest BCUT2D eigenvalue weighted by Gasteiger charge is 2.79. The van der Waals surface area contributed by atoms with Gasteiger partial charge in [0.25, 0.3) is 0 Å². The van der Waals surface area contributed by atoms with Crippen molar-refractivity contribution >= 4 is 28.8 Å². The van der Waals surface area contributed by atoms with Gasteiger partial charge in [0, 0.05) is 17.4 Å². The fourth-order valence-corrected chi connectivity index (χ4v) is 7.74. The van der Waals surface area contributed by atoms with Gasteiger partial charge in [0.2, 0.25) is 11.8 Å². The van der Waals surface area contributed by atoms with E-state index in [0.29, 0.717) is 23.5 Å². The molecular weight excluding hydrogens is 605 g/mol. The molecule has 46 heavy (non-hydrogen) atoms. The molecule has 250 valence electrons. The molecule has 0 radical (unpaired) electrons. The molecule has 2 aliphatic heterocycles. The summed E-state index contributed by atoms with van der Waals surface area (Å²) in [5.74, 6) is -0.978. The van der Waals surface area contributed by atoms with E-state index in [0.717, 1.165) is 38.2 Å². The molecule has 2 bridgehead atoms. The van der Waals surface area contributed by atoms with Crippen LogP contribution in [0.3, 0.4) is 0 Å². The number of amides is 2. The van der Waals surface area contributed by atoms with Crippen molar-refractivity contribution in [1.82, 2.24) is 20.2 Å². The Bertz CT molecular complexity index is 1580. The summed E-state index contributed by atoms with van der Waals surface area (Å²) in [5, 5.41) is 2.82. The lowest BCUT2D eigenvalue weighted by molar-refractivity contribution is -0.274. The van der Waals surface area contributed by atoms with Gasteiger partial charge in [-0.05, 0) is 69.4 Å². The quantitative estimate of drug-likeness (QED) is 0.438. The highest BCUT2D eigenvalue weighted by Crippen LogP contribution is 2.79. The molecule has 3 fully saturated rings. The lowest BCUT2D eigenvalue weighted by Gasteiger charge is -2.35. The third-order valence-corrected chi connectivity index (χ3v) is 10.4. The first kappa shape index (κ1) is 32.3. The van der Waals surface area contributed by atoms with Crippen LogP contribution in [-0.2, 0) is 20.7 Å². The second-order valence-corrected chi connectivity index (χ2v) is 14.8. The van der Waals surface area contributed by atoms with Crippen molar-refractivity contribution < 1.29 is 41.8 Å². The number of alkyl halides is 3. The molecule has 1 saturated heterocycles. The second-order valence-electron chi connectivity index (χ2n) is 14.8. The van der Waals surface area contributed by atoms with Crippen molar-refractivity contribution in [3.8, 4) is 11.6 Å². The standard InChI is InChI=1S/C33H41F3N4O6/c1-17-24-15-40(25(17)18(2)41)28(42)26(30(3,4)5)39-29(43)46-31(6)16-32(31)14-19(32)9-7-8-10-22-27(44-24)38-23-13-20(45-33(34,35)36)11-12-21(23)37-22/h11-13,17,19,24-26H,7-10,14-16H2,1-6H3,(H,39,43)/t17-,19?,24+,25+,26-,31-,32?/m1/s1. The minimum absolute atomic E-state index is 0.0342. The lowest BCUT2D eigenvalue weighted by Crippen LogP contribution is -2.57. The van der Waals surface area contributed by atoms with Crippen LogP contribution in [0.4, 0.5) is 18.0 Å². The number of nitrogens with zero attached hydrogens (tertiary/aromatic N) is 3. The Balaban J connectivity index is 1.37. The summed E-state index contributed by atoms with van der Waals surface area (Å²) >= 11 is 0. The highest BCUT2D eigenvalue weighted by atomic mass is 19.4. The number of nitrogens with one attached hydrogen (secondary N) is 1. The number of carbonyl (C=O) groups is 3. The first-order chi connectivity index (χ1) is 21.4. The lowest BCUT2D eigenvalue weighted by atomic mass is 9.85. The maximum atomic E-state index is 14.2. The molecule has 2 aliphatic carbocycles. The largest absolute Gasteiger partial charge is 0.573 e. The van der Waals surface area contributed by atoms with Crippen LogP contribution in [0, 0.1) is 22.7 Å². The van der Waals surface area contributed by atoms with E-state index >= 15 is 0 Å². The van der Waals surface area contributed by atoms with Crippen molar-refractivity contribution in [2.24, 2.45) is 22.7 Å². The van der Waals surface area contributed by atoms with Gasteiger partial charge in [-0.3, -0.25) is 9.59 Å². The van der Waals surface area contributed by atoms with E-state index < -0.39 is 59.2 Å². The first-order valence-electron chi connectivity index (χ1n) is 15.9. The van der Waals surface area contributed by atoms with Crippen LogP contribution < -0.4 is 14.8 Å². The zero-order valence-electron chi connectivity index (χ0n) is 27.0.